The van der Waals surface area contributed by atoms with Crippen LogP contribution in [0.5, 0.6) is 0 Å². The lowest BCUT2D eigenvalue weighted by atomic mass is 10.4. The predicted molar refractivity (Wildman–Crippen MR) is 57.7 cm³/mol. The zero-order valence-corrected chi connectivity index (χ0v) is 9.69. The number of rotatable bonds is 8. The molecule has 0 fully saturated rings. The molecule has 0 aromatic rings. The fraction of sp³-hybridized carbons (Fsp3) is 0.889. The molecule has 0 bridgehead atoms. The molecule has 4 nitrogen and oxygen atoms in total. The number of carbonyl (C=O) groups is 1. The number of hydrogen-bond donors (Lipinski definition) is 1. The lowest BCUT2D eigenvalue weighted by molar-refractivity contribution is -0.142. The first kappa shape index (κ1) is 13.6. The van der Waals surface area contributed by atoms with Crippen molar-refractivity contribution in [1.29, 1.82) is 0 Å². The SMILES string of the molecule is CCOC(=O)CCNCCS(=O)CC. The largest absolute Gasteiger partial charge is 0.466 e. The van der Waals surface area contributed by atoms with Gasteiger partial charge in [-0.15, -0.1) is 0 Å². The maximum Gasteiger partial charge on any atom is 0.307 e. The second-order valence-corrected chi connectivity index (χ2v) is 4.60. The lowest BCUT2D eigenvalue weighted by Crippen LogP contribution is -2.24. The van der Waals surface area contributed by atoms with Crippen LogP contribution in [0.2, 0.25) is 0 Å². The highest BCUT2D eigenvalue weighted by Gasteiger charge is 2.00. The minimum atomic E-state index is -0.723. The van der Waals surface area contributed by atoms with Gasteiger partial charge in [0.2, 0.25) is 0 Å². The maximum atomic E-state index is 11.0. The minimum Gasteiger partial charge on any atom is -0.466 e. The van der Waals surface area contributed by atoms with Crippen LogP contribution < -0.4 is 5.32 Å². The molecule has 84 valence electrons. The minimum absolute atomic E-state index is 0.184. The Morgan fingerprint density at radius 3 is 2.64 bits per heavy atom. The van der Waals surface area contributed by atoms with Crippen molar-refractivity contribution in [3.8, 4) is 0 Å². The molecule has 1 N–H and O–H groups in total. The summed E-state index contributed by atoms with van der Waals surface area (Å²) >= 11 is 0. The predicted octanol–water partition coefficient (Wildman–Crippen LogP) is 0.298. The van der Waals surface area contributed by atoms with Gasteiger partial charge < -0.3 is 10.1 Å². The second kappa shape index (κ2) is 9.15. The van der Waals surface area contributed by atoms with Crippen molar-refractivity contribution >= 4 is 16.8 Å². The summed E-state index contributed by atoms with van der Waals surface area (Å²) in [5.41, 5.74) is 0. The molecule has 5 heteroatoms. The van der Waals surface area contributed by atoms with E-state index in [2.05, 4.69) is 5.32 Å². The maximum absolute atomic E-state index is 11.0. The Morgan fingerprint density at radius 2 is 2.07 bits per heavy atom. The number of hydrogen-bond acceptors (Lipinski definition) is 4. The second-order valence-electron chi connectivity index (χ2n) is 2.74. The molecule has 0 rings (SSSR count). The quantitative estimate of drug-likeness (QED) is 0.473. The molecule has 0 heterocycles. The van der Waals surface area contributed by atoms with E-state index >= 15 is 0 Å². The van der Waals surface area contributed by atoms with Crippen LogP contribution in [0.1, 0.15) is 20.3 Å². The van der Waals surface area contributed by atoms with E-state index in [1.807, 2.05) is 6.92 Å². The topological polar surface area (TPSA) is 55.4 Å². The van der Waals surface area contributed by atoms with E-state index in [1.165, 1.54) is 0 Å². The molecular formula is C9H19NO3S. The third-order valence-corrected chi connectivity index (χ3v) is 2.94. The standard InChI is InChI=1S/C9H19NO3S/c1-3-13-9(11)5-6-10-7-8-14(12)4-2/h10H,3-8H2,1-2H3. The van der Waals surface area contributed by atoms with Gasteiger partial charge in [-0.2, -0.15) is 0 Å². The molecule has 0 radical (unpaired) electrons. The fourth-order valence-corrected chi connectivity index (χ4v) is 1.54. The van der Waals surface area contributed by atoms with E-state index in [0.29, 0.717) is 37.6 Å². The summed E-state index contributed by atoms with van der Waals surface area (Å²) in [6, 6.07) is 0. The van der Waals surface area contributed by atoms with E-state index in [-0.39, 0.29) is 5.97 Å². The molecule has 0 aromatic carbocycles. The van der Waals surface area contributed by atoms with Gasteiger partial charge in [0.25, 0.3) is 0 Å². The van der Waals surface area contributed by atoms with Gasteiger partial charge in [-0.05, 0) is 6.92 Å². The Bertz CT molecular complexity index is 185. The van der Waals surface area contributed by atoms with Crippen LogP contribution in [-0.4, -0.2) is 41.4 Å². The van der Waals surface area contributed by atoms with Crippen LogP contribution in [0.4, 0.5) is 0 Å². The van der Waals surface area contributed by atoms with Crippen molar-refractivity contribution in [2.75, 3.05) is 31.2 Å². The van der Waals surface area contributed by atoms with Crippen LogP contribution in [0.3, 0.4) is 0 Å². The average molecular weight is 221 g/mol. The van der Waals surface area contributed by atoms with Crippen molar-refractivity contribution in [2.45, 2.75) is 20.3 Å². The molecule has 0 aromatic heterocycles. The van der Waals surface area contributed by atoms with Crippen LogP contribution in [0, 0.1) is 0 Å². The van der Waals surface area contributed by atoms with Crippen molar-refractivity contribution in [3.63, 3.8) is 0 Å². The van der Waals surface area contributed by atoms with Gasteiger partial charge in [0.15, 0.2) is 0 Å². The van der Waals surface area contributed by atoms with Crippen LogP contribution in [0.15, 0.2) is 0 Å². The fourth-order valence-electron chi connectivity index (χ4n) is 0.879. The molecule has 0 amide bonds. The Labute approximate surface area is 87.9 Å². The van der Waals surface area contributed by atoms with Gasteiger partial charge in [-0.3, -0.25) is 9.00 Å². The van der Waals surface area contributed by atoms with Crippen molar-refractivity contribution in [3.05, 3.63) is 0 Å². The molecule has 0 aliphatic rings. The van der Waals surface area contributed by atoms with Gasteiger partial charge in [0.05, 0.1) is 13.0 Å². The summed E-state index contributed by atoms with van der Waals surface area (Å²) in [6.45, 7) is 5.41. The molecule has 0 spiro atoms. The van der Waals surface area contributed by atoms with Crippen LogP contribution >= 0.6 is 0 Å². The molecule has 14 heavy (non-hydrogen) atoms. The normalized spacial score (nSPS) is 12.4. The highest BCUT2D eigenvalue weighted by atomic mass is 32.2. The first-order chi connectivity index (χ1) is 6.70. The molecule has 0 saturated heterocycles. The number of esters is 1. The van der Waals surface area contributed by atoms with Gasteiger partial charge in [-0.1, -0.05) is 6.92 Å². The zero-order chi connectivity index (χ0) is 10.8. The Kier molecular flexibility index (Phi) is 8.87. The number of nitrogens with one attached hydrogen (secondary N) is 1. The van der Waals surface area contributed by atoms with E-state index in [9.17, 15) is 9.00 Å². The average Bonchev–Trinajstić information content (AvgIpc) is 2.17. The summed E-state index contributed by atoms with van der Waals surface area (Å²) < 4.78 is 15.7. The van der Waals surface area contributed by atoms with Gasteiger partial charge in [0, 0.05) is 35.4 Å². The molecule has 0 aliphatic carbocycles. The smallest absolute Gasteiger partial charge is 0.307 e. The van der Waals surface area contributed by atoms with Crippen molar-refractivity contribution in [2.24, 2.45) is 0 Å². The Balaban J connectivity index is 3.21. The Hall–Kier alpha value is -0.420. The van der Waals surface area contributed by atoms with Gasteiger partial charge >= 0.3 is 5.97 Å². The molecule has 1 atom stereocenters. The molecular weight excluding hydrogens is 202 g/mol. The first-order valence-electron chi connectivity index (χ1n) is 4.92. The van der Waals surface area contributed by atoms with Crippen molar-refractivity contribution < 1.29 is 13.7 Å². The van der Waals surface area contributed by atoms with Gasteiger partial charge in [0.1, 0.15) is 0 Å². The zero-order valence-electron chi connectivity index (χ0n) is 8.88. The van der Waals surface area contributed by atoms with E-state index in [1.54, 1.807) is 6.92 Å². The summed E-state index contributed by atoms with van der Waals surface area (Å²) in [5.74, 6) is 1.16. The third kappa shape index (κ3) is 8.19. The molecule has 0 saturated carbocycles. The summed E-state index contributed by atoms with van der Waals surface area (Å²) in [6.07, 6.45) is 0.382. The first-order valence-corrected chi connectivity index (χ1v) is 6.40. The van der Waals surface area contributed by atoms with Gasteiger partial charge in [-0.25, -0.2) is 0 Å². The van der Waals surface area contributed by atoms with E-state index in [0.717, 1.165) is 0 Å². The number of carbonyl (C=O) groups excluding carboxylic acids is 1. The summed E-state index contributed by atoms with van der Waals surface area (Å²) in [4.78, 5) is 10.9. The molecule has 0 aliphatic heterocycles. The lowest BCUT2D eigenvalue weighted by Gasteiger charge is -2.03. The molecule has 1 unspecified atom stereocenters. The summed E-state index contributed by atoms with van der Waals surface area (Å²) in [7, 11) is -0.723. The van der Waals surface area contributed by atoms with E-state index < -0.39 is 10.8 Å². The third-order valence-electron chi connectivity index (χ3n) is 1.64. The van der Waals surface area contributed by atoms with Crippen LogP contribution in [0.25, 0.3) is 0 Å². The summed E-state index contributed by atoms with van der Waals surface area (Å²) in [5, 5.41) is 3.05. The van der Waals surface area contributed by atoms with E-state index in [4.69, 9.17) is 4.74 Å². The highest BCUT2D eigenvalue weighted by Crippen LogP contribution is 1.84. The van der Waals surface area contributed by atoms with Crippen LogP contribution in [-0.2, 0) is 20.3 Å². The Morgan fingerprint density at radius 1 is 1.36 bits per heavy atom. The number of ether oxygens (including phenoxy) is 1. The highest BCUT2D eigenvalue weighted by molar-refractivity contribution is 7.84. The van der Waals surface area contributed by atoms with Crippen molar-refractivity contribution in [1.82, 2.24) is 5.32 Å². The monoisotopic (exact) mass is 221 g/mol.